The fourth-order valence-electron chi connectivity index (χ4n) is 1.19. The minimum absolute atomic E-state index is 0.0384. The molecule has 0 saturated heterocycles. The van der Waals surface area contributed by atoms with Crippen LogP contribution in [-0.2, 0) is 0 Å². The Hall–Kier alpha value is -1.91. The van der Waals surface area contributed by atoms with E-state index in [2.05, 4.69) is 31.1 Å². The van der Waals surface area contributed by atoms with Crippen LogP contribution in [0.5, 0.6) is 0 Å². The number of amides is 1. The molecule has 0 aliphatic rings. The van der Waals surface area contributed by atoms with Crippen molar-refractivity contribution in [3.8, 4) is 0 Å². The lowest BCUT2D eigenvalue weighted by Crippen LogP contribution is -2.34. The molecule has 0 spiro atoms. The molecule has 0 fully saturated rings. The van der Waals surface area contributed by atoms with E-state index >= 15 is 0 Å². The predicted octanol–water partition coefficient (Wildman–Crippen LogP) is 1.95. The van der Waals surface area contributed by atoms with E-state index in [-0.39, 0.29) is 22.6 Å². The number of carbonyl (C=O) groups is 2. The van der Waals surface area contributed by atoms with E-state index in [1.54, 1.807) is 0 Å². The molecule has 0 unspecified atom stereocenters. The molecule has 98 valence electrons. The highest BCUT2D eigenvalue weighted by Crippen LogP contribution is 2.17. The van der Waals surface area contributed by atoms with Crippen molar-refractivity contribution < 1.29 is 14.7 Å². The van der Waals surface area contributed by atoms with Crippen molar-refractivity contribution in [2.75, 3.05) is 6.54 Å². The van der Waals surface area contributed by atoms with Gasteiger partial charge >= 0.3 is 5.97 Å². The molecular weight excluding hydrogens is 232 g/mol. The number of nitrogens with one attached hydrogen (secondary N) is 1. The topological polar surface area (TPSA) is 79.3 Å². The minimum Gasteiger partial charge on any atom is -0.478 e. The summed E-state index contributed by atoms with van der Waals surface area (Å²) >= 11 is 0. The van der Waals surface area contributed by atoms with Gasteiger partial charge in [-0.3, -0.25) is 9.78 Å². The van der Waals surface area contributed by atoms with Gasteiger partial charge in [0.15, 0.2) is 0 Å². The Bertz CT molecular complexity index is 438. The molecule has 0 aromatic carbocycles. The van der Waals surface area contributed by atoms with E-state index < -0.39 is 5.97 Å². The molecule has 0 radical (unpaired) electrons. The van der Waals surface area contributed by atoms with Gasteiger partial charge in [-0.05, 0) is 24.0 Å². The maximum Gasteiger partial charge on any atom is 0.337 e. The Balaban J connectivity index is 2.65. The fourth-order valence-corrected chi connectivity index (χ4v) is 1.19. The lowest BCUT2D eigenvalue weighted by atomic mass is 9.90. The molecule has 1 aromatic rings. The smallest absolute Gasteiger partial charge is 0.337 e. The number of pyridine rings is 1. The Morgan fingerprint density at radius 1 is 1.39 bits per heavy atom. The Morgan fingerprint density at radius 2 is 2.06 bits per heavy atom. The summed E-state index contributed by atoms with van der Waals surface area (Å²) in [7, 11) is 0. The van der Waals surface area contributed by atoms with Gasteiger partial charge in [0.25, 0.3) is 5.91 Å². The van der Waals surface area contributed by atoms with E-state index in [4.69, 9.17) is 5.11 Å². The summed E-state index contributed by atoms with van der Waals surface area (Å²) in [6.45, 7) is 6.75. The normalized spacial score (nSPS) is 11.1. The van der Waals surface area contributed by atoms with Crippen molar-refractivity contribution in [1.82, 2.24) is 10.3 Å². The second kappa shape index (κ2) is 5.62. The van der Waals surface area contributed by atoms with Crippen LogP contribution in [0, 0.1) is 5.41 Å². The maximum absolute atomic E-state index is 11.8. The lowest BCUT2D eigenvalue weighted by Gasteiger charge is -2.22. The largest absolute Gasteiger partial charge is 0.478 e. The summed E-state index contributed by atoms with van der Waals surface area (Å²) in [5.74, 6) is -1.34. The first-order chi connectivity index (χ1) is 8.35. The van der Waals surface area contributed by atoms with Crippen molar-refractivity contribution >= 4 is 11.9 Å². The molecule has 0 saturated carbocycles. The second-order valence-electron chi connectivity index (χ2n) is 4.94. The first kappa shape index (κ1) is 14.2. The predicted molar refractivity (Wildman–Crippen MR) is 67.6 cm³/mol. The SMILES string of the molecule is CCC(C)(C)CNC(=O)c1ccc(C(=O)O)cn1. The number of hydrogen-bond acceptors (Lipinski definition) is 3. The lowest BCUT2D eigenvalue weighted by molar-refractivity contribution is 0.0695. The van der Waals surface area contributed by atoms with Gasteiger partial charge in [-0.1, -0.05) is 20.8 Å². The van der Waals surface area contributed by atoms with Crippen molar-refractivity contribution in [3.05, 3.63) is 29.6 Å². The Kier molecular flexibility index (Phi) is 4.42. The number of nitrogens with zero attached hydrogens (tertiary/aromatic N) is 1. The van der Waals surface area contributed by atoms with Crippen molar-refractivity contribution in [2.45, 2.75) is 27.2 Å². The molecule has 18 heavy (non-hydrogen) atoms. The molecule has 0 bridgehead atoms. The van der Waals surface area contributed by atoms with Crippen LogP contribution in [0.3, 0.4) is 0 Å². The van der Waals surface area contributed by atoms with Crippen LogP contribution in [-0.4, -0.2) is 28.5 Å². The Labute approximate surface area is 106 Å². The van der Waals surface area contributed by atoms with E-state index in [1.807, 2.05) is 0 Å². The van der Waals surface area contributed by atoms with Gasteiger partial charge in [0.05, 0.1) is 5.56 Å². The highest BCUT2D eigenvalue weighted by molar-refractivity contribution is 5.93. The minimum atomic E-state index is -1.05. The zero-order valence-electron chi connectivity index (χ0n) is 10.9. The monoisotopic (exact) mass is 250 g/mol. The van der Waals surface area contributed by atoms with Crippen LogP contribution < -0.4 is 5.32 Å². The second-order valence-corrected chi connectivity index (χ2v) is 4.94. The van der Waals surface area contributed by atoms with E-state index in [0.29, 0.717) is 6.54 Å². The van der Waals surface area contributed by atoms with Gasteiger partial charge in [0, 0.05) is 12.7 Å². The quantitative estimate of drug-likeness (QED) is 0.837. The Morgan fingerprint density at radius 3 is 2.50 bits per heavy atom. The van der Waals surface area contributed by atoms with Crippen LogP contribution in [0.25, 0.3) is 0 Å². The van der Waals surface area contributed by atoms with Crippen LogP contribution in [0.2, 0.25) is 0 Å². The number of aromatic carboxylic acids is 1. The number of carbonyl (C=O) groups excluding carboxylic acids is 1. The molecule has 0 atom stereocenters. The molecule has 0 aliphatic carbocycles. The summed E-state index contributed by atoms with van der Waals surface area (Å²) in [5, 5.41) is 11.5. The van der Waals surface area contributed by atoms with Gasteiger partial charge in [0.1, 0.15) is 5.69 Å². The van der Waals surface area contributed by atoms with Gasteiger partial charge in [0.2, 0.25) is 0 Å². The third-order valence-corrected chi connectivity index (χ3v) is 2.93. The number of carboxylic acid groups (broad SMARTS) is 1. The summed E-state index contributed by atoms with van der Waals surface area (Å²) in [6.07, 6.45) is 2.14. The molecule has 5 nitrogen and oxygen atoms in total. The first-order valence-electron chi connectivity index (χ1n) is 5.83. The molecule has 1 amide bonds. The fraction of sp³-hybridized carbons (Fsp3) is 0.462. The van der Waals surface area contributed by atoms with E-state index in [1.165, 1.54) is 18.3 Å². The van der Waals surface area contributed by atoms with E-state index in [9.17, 15) is 9.59 Å². The van der Waals surface area contributed by atoms with Crippen molar-refractivity contribution in [3.63, 3.8) is 0 Å². The maximum atomic E-state index is 11.8. The van der Waals surface area contributed by atoms with Gasteiger partial charge in [-0.2, -0.15) is 0 Å². The zero-order valence-corrected chi connectivity index (χ0v) is 10.9. The van der Waals surface area contributed by atoms with Crippen LogP contribution >= 0.6 is 0 Å². The van der Waals surface area contributed by atoms with Gasteiger partial charge < -0.3 is 10.4 Å². The number of carboxylic acids is 1. The number of rotatable bonds is 5. The summed E-state index contributed by atoms with van der Waals surface area (Å²) in [6, 6.07) is 2.78. The standard InChI is InChI=1S/C13H18N2O3/c1-4-13(2,3)8-15-11(16)10-6-5-9(7-14-10)12(17)18/h5-7H,4,8H2,1-3H3,(H,15,16)(H,17,18). The molecular formula is C13H18N2O3. The highest BCUT2D eigenvalue weighted by atomic mass is 16.4. The average Bonchev–Trinajstić information content (AvgIpc) is 2.36. The van der Waals surface area contributed by atoms with Gasteiger partial charge in [-0.15, -0.1) is 0 Å². The molecule has 2 N–H and O–H groups in total. The molecule has 1 aromatic heterocycles. The number of hydrogen-bond donors (Lipinski definition) is 2. The molecule has 0 aliphatic heterocycles. The summed E-state index contributed by atoms with van der Waals surface area (Å²) < 4.78 is 0. The van der Waals surface area contributed by atoms with E-state index in [0.717, 1.165) is 6.42 Å². The van der Waals surface area contributed by atoms with Gasteiger partial charge in [-0.25, -0.2) is 4.79 Å². The molecule has 1 heterocycles. The van der Waals surface area contributed by atoms with Crippen LogP contribution in [0.15, 0.2) is 18.3 Å². The molecule has 5 heteroatoms. The third-order valence-electron chi connectivity index (χ3n) is 2.93. The first-order valence-corrected chi connectivity index (χ1v) is 5.83. The zero-order chi connectivity index (χ0) is 13.8. The van der Waals surface area contributed by atoms with Crippen LogP contribution in [0.1, 0.15) is 48.0 Å². The summed E-state index contributed by atoms with van der Waals surface area (Å²) in [5.41, 5.74) is 0.337. The van der Waals surface area contributed by atoms with Crippen LogP contribution in [0.4, 0.5) is 0 Å². The number of aromatic nitrogens is 1. The third kappa shape index (κ3) is 3.84. The average molecular weight is 250 g/mol. The summed E-state index contributed by atoms with van der Waals surface area (Å²) in [4.78, 5) is 26.2. The highest BCUT2D eigenvalue weighted by Gasteiger charge is 2.17. The van der Waals surface area contributed by atoms with Crippen molar-refractivity contribution in [2.24, 2.45) is 5.41 Å². The van der Waals surface area contributed by atoms with Crippen molar-refractivity contribution in [1.29, 1.82) is 0 Å². The molecule has 1 rings (SSSR count).